The molecule has 0 radical (unpaired) electrons. The van der Waals surface area contributed by atoms with Crippen molar-refractivity contribution in [1.82, 2.24) is 0 Å². The van der Waals surface area contributed by atoms with E-state index in [1.807, 2.05) is 13.0 Å². The van der Waals surface area contributed by atoms with Gasteiger partial charge in [0.2, 0.25) is 0 Å². The van der Waals surface area contributed by atoms with Crippen LogP contribution < -0.4 is 0 Å². The van der Waals surface area contributed by atoms with Crippen LogP contribution in [0.4, 0.5) is 0 Å². The maximum atomic E-state index is 4.07. The van der Waals surface area contributed by atoms with Gasteiger partial charge in [0.15, 0.2) is 0 Å². The number of nitrogens with zero attached hydrogens (tertiary/aromatic N) is 1. The van der Waals surface area contributed by atoms with Gasteiger partial charge >= 0.3 is 0 Å². The highest BCUT2D eigenvalue weighted by Gasteiger charge is 1.90. The molecule has 1 heteroatoms. The zero-order valence-electron chi connectivity index (χ0n) is 8.09. The van der Waals surface area contributed by atoms with Crippen molar-refractivity contribution in [2.24, 2.45) is 4.99 Å². The fourth-order valence-electron chi connectivity index (χ4n) is 0.551. The lowest BCUT2D eigenvalue weighted by Gasteiger charge is -1.96. The summed E-state index contributed by atoms with van der Waals surface area (Å²) in [5.74, 6) is 0. The molecular formula is C12H15N. The second kappa shape index (κ2) is 5.95. The Hall–Kier alpha value is -1.63. The average molecular weight is 173 g/mol. The third kappa shape index (κ3) is 5.62. The minimum absolute atomic E-state index is 0.640. The first-order valence-corrected chi connectivity index (χ1v) is 3.94. The molecule has 0 aromatic rings. The molecule has 0 aliphatic carbocycles. The second-order valence-corrected chi connectivity index (χ2v) is 2.67. The Kier molecular flexibility index (Phi) is 5.20. The summed E-state index contributed by atoms with van der Waals surface area (Å²) in [7, 11) is 0. The molecule has 0 rings (SSSR count). The highest BCUT2D eigenvalue weighted by atomic mass is 14.7. The topological polar surface area (TPSA) is 12.4 Å². The summed E-state index contributed by atoms with van der Waals surface area (Å²) in [5.41, 5.74) is 2.31. The van der Waals surface area contributed by atoms with Gasteiger partial charge in [-0.15, -0.1) is 0 Å². The van der Waals surface area contributed by atoms with E-state index in [1.54, 1.807) is 18.4 Å². The van der Waals surface area contributed by atoms with Gasteiger partial charge in [-0.05, 0) is 18.1 Å². The molecule has 68 valence electrons. The Bertz CT molecular complexity index is 290. The monoisotopic (exact) mass is 173 g/mol. The molecule has 0 saturated heterocycles. The number of aliphatic imine (C=N–C) groups is 1. The summed E-state index contributed by atoms with van der Waals surface area (Å²) in [4.78, 5) is 4.07. The quantitative estimate of drug-likeness (QED) is 0.446. The smallest absolute Gasteiger partial charge is 0.0624 e. The summed E-state index contributed by atoms with van der Waals surface area (Å²) in [6, 6.07) is 0. The van der Waals surface area contributed by atoms with E-state index in [0.29, 0.717) is 5.70 Å². The van der Waals surface area contributed by atoms with E-state index in [9.17, 15) is 0 Å². The first-order chi connectivity index (χ1) is 6.07. The molecule has 0 unspecified atom stereocenters. The lowest BCUT2D eigenvalue weighted by Crippen LogP contribution is -1.81. The van der Waals surface area contributed by atoms with E-state index in [4.69, 9.17) is 0 Å². The van der Waals surface area contributed by atoms with E-state index in [-0.39, 0.29) is 0 Å². The molecule has 0 aromatic carbocycles. The molecule has 0 amide bonds. The molecule has 0 aliphatic rings. The fraction of sp³-hybridized carbons (Fsp3) is 0.0833. The predicted octanol–water partition coefficient (Wildman–Crippen LogP) is 3.45. The van der Waals surface area contributed by atoms with Gasteiger partial charge in [0.25, 0.3) is 0 Å². The van der Waals surface area contributed by atoms with E-state index >= 15 is 0 Å². The Morgan fingerprint density at radius 1 is 1.23 bits per heavy atom. The Balaban J connectivity index is 4.28. The van der Waals surface area contributed by atoms with Gasteiger partial charge in [0, 0.05) is 6.21 Å². The van der Waals surface area contributed by atoms with Gasteiger partial charge in [-0.1, -0.05) is 44.5 Å². The van der Waals surface area contributed by atoms with E-state index in [1.165, 1.54) is 0 Å². The summed E-state index contributed by atoms with van der Waals surface area (Å²) in [5, 5.41) is 0. The van der Waals surface area contributed by atoms with Gasteiger partial charge in [0.1, 0.15) is 0 Å². The maximum Gasteiger partial charge on any atom is 0.0624 e. The molecular weight excluding hydrogens is 158 g/mol. The number of hydrogen-bond acceptors (Lipinski definition) is 1. The highest BCUT2D eigenvalue weighted by molar-refractivity contribution is 5.78. The van der Waals surface area contributed by atoms with Crippen molar-refractivity contribution in [3.63, 3.8) is 0 Å². The first kappa shape index (κ1) is 11.4. The number of hydrogen-bond donors (Lipinski definition) is 0. The Morgan fingerprint density at radius 2 is 1.85 bits per heavy atom. The van der Waals surface area contributed by atoms with Gasteiger partial charge in [-0.2, -0.15) is 0 Å². The summed E-state index contributed by atoms with van der Waals surface area (Å²) >= 11 is 0. The molecule has 0 bridgehead atoms. The predicted molar refractivity (Wildman–Crippen MR) is 60.9 cm³/mol. The van der Waals surface area contributed by atoms with Crippen LogP contribution in [-0.4, -0.2) is 6.21 Å². The van der Waals surface area contributed by atoms with Crippen molar-refractivity contribution in [2.75, 3.05) is 0 Å². The van der Waals surface area contributed by atoms with Crippen LogP contribution in [-0.2, 0) is 0 Å². The third-order valence-corrected chi connectivity index (χ3v) is 1.24. The number of allylic oxidation sites excluding steroid dienone is 4. The third-order valence-electron chi connectivity index (χ3n) is 1.24. The van der Waals surface area contributed by atoms with Crippen LogP contribution in [0.5, 0.6) is 0 Å². The van der Waals surface area contributed by atoms with Crippen molar-refractivity contribution >= 4 is 6.21 Å². The van der Waals surface area contributed by atoms with Crippen molar-refractivity contribution in [3.8, 4) is 0 Å². The fourth-order valence-corrected chi connectivity index (χ4v) is 0.551. The van der Waals surface area contributed by atoms with Gasteiger partial charge in [-0.3, -0.25) is 4.99 Å². The molecule has 0 fully saturated rings. The average Bonchev–Trinajstić information content (AvgIpc) is 2.10. The molecule has 0 N–H and O–H groups in total. The van der Waals surface area contributed by atoms with Gasteiger partial charge in [0.05, 0.1) is 5.70 Å². The molecule has 0 atom stereocenters. The van der Waals surface area contributed by atoms with Gasteiger partial charge in [-0.25, -0.2) is 0 Å². The minimum atomic E-state index is 0.640. The largest absolute Gasteiger partial charge is 0.257 e. The first-order valence-electron chi connectivity index (χ1n) is 3.94. The van der Waals surface area contributed by atoms with Gasteiger partial charge < -0.3 is 0 Å². The normalized spacial score (nSPS) is 10.5. The molecule has 0 heterocycles. The summed E-state index contributed by atoms with van der Waals surface area (Å²) < 4.78 is 0. The number of rotatable bonds is 5. The highest BCUT2D eigenvalue weighted by Crippen LogP contribution is 2.07. The van der Waals surface area contributed by atoms with Crippen LogP contribution in [0.2, 0.25) is 0 Å². The van der Waals surface area contributed by atoms with Crippen LogP contribution in [0.3, 0.4) is 0 Å². The summed E-state index contributed by atoms with van der Waals surface area (Å²) in [6.45, 7) is 16.7. The SMILES string of the molecule is C=C/C=C\C(=C)C(=C)N=CC(=C)C. The molecule has 0 saturated carbocycles. The zero-order valence-corrected chi connectivity index (χ0v) is 8.09. The molecule has 0 spiro atoms. The minimum Gasteiger partial charge on any atom is -0.257 e. The van der Waals surface area contributed by atoms with Crippen LogP contribution in [0, 0.1) is 0 Å². The maximum absolute atomic E-state index is 4.07. The Labute approximate surface area is 80.2 Å². The Morgan fingerprint density at radius 3 is 2.31 bits per heavy atom. The van der Waals surface area contributed by atoms with E-state index in [2.05, 4.69) is 31.3 Å². The lowest BCUT2D eigenvalue weighted by molar-refractivity contribution is 1.38. The molecule has 0 aromatic heterocycles. The van der Waals surface area contributed by atoms with Crippen LogP contribution >= 0.6 is 0 Å². The van der Waals surface area contributed by atoms with Crippen molar-refractivity contribution in [2.45, 2.75) is 6.92 Å². The summed E-state index contributed by atoms with van der Waals surface area (Å²) in [6.07, 6.45) is 6.95. The molecule has 1 nitrogen and oxygen atoms in total. The van der Waals surface area contributed by atoms with Crippen LogP contribution in [0.1, 0.15) is 6.92 Å². The standard InChI is InChI=1S/C12H15N/c1-6-7-8-11(4)12(5)13-9-10(2)3/h6-9H,1-2,4-5H2,3H3/b8-7-,13-9?. The van der Waals surface area contributed by atoms with Crippen molar-refractivity contribution in [3.05, 3.63) is 61.4 Å². The van der Waals surface area contributed by atoms with Crippen LogP contribution in [0.25, 0.3) is 0 Å². The van der Waals surface area contributed by atoms with Crippen molar-refractivity contribution in [1.29, 1.82) is 0 Å². The molecule has 0 aliphatic heterocycles. The second-order valence-electron chi connectivity index (χ2n) is 2.67. The van der Waals surface area contributed by atoms with Crippen molar-refractivity contribution < 1.29 is 0 Å². The molecule has 13 heavy (non-hydrogen) atoms. The van der Waals surface area contributed by atoms with E-state index < -0.39 is 0 Å². The zero-order chi connectivity index (χ0) is 10.3. The lowest BCUT2D eigenvalue weighted by atomic mass is 10.2. The van der Waals surface area contributed by atoms with Crippen LogP contribution in [0.15, 0.2) is 66.4 Å². The van der Waals surface area contributed by atoms with E-state index in [0.717, 1.165) is 11.1 Å².